The van der Waals surface area contributed by atoms with Gasteiger partial charge in [-0.05, 0) is 12.1 Å². The van der Waals surface area contributed by atoms with E-state index in [1.807, 2.05) is 42.7 Å². The minimum absolute atomic E-state index is 0.00188. The van der Waals surface area contributed by atoms with Crippen LogP contribution in [0.5, 0.6) is 0 Å². The summed E-state index contributed by atoms with van der Waals surface area (Å²) in [5.41, 5.74) is 1.83. The van der Waals surface area contributed by atoms with Crippen molar-refractivity contribution in [2.45, 2.75) is 19.7 Å². The Morgan fingerprint density at radius 3 is 3.00 bits per heavy atom. The number of para-hydroxylation sites is 1. The van der Waals surface area contributed by atoms with Crippen LogP contribution < -0.4 is 4.90 Å². The first-order valence-corrected chi connectivity index (χ1v) is 7.09. The van der Waals surface area contributed by atoms with Crippen LogP contribution in [0.15, 0.2) is 42.7 Å². The van der Waals surface area contributed by atoms with Crippen LogP contribution in [0, 0.1) is 0 Å². The van der Waals surface area contributed by atoms with Crippen molar-refractivity contribution in [2.75, 3.05) is 11.4 Å². The Hall–Kier alpha value is -2.40. The van der Waals surface area contributed by atoms with Crippen molar-refractivity contribution >= 4 is 16.7 Å². The normalized spacial score (nSPS) is 14.4. The van der Waals surface area contributed by atoms with Crippen molar-refractivity contribution in [3.63, 3.8) is 0 Å². The lowest BCUT2D eigenvalue weighted by atomic mass is 10.1. The van der Waals surface area contributed by atoms with Crippen LogP contribution >= 0.6 is 0 Å². The molecular weight excluding hydrogens is 264 g/mol. The van der Waals surface area contributed by atoms with E-state index in [9.17, 15) is 5.11 Å². The van der Waals surface area contributed by atoms with Gasteiger partial charge < -0.3 is 14.6 Å². The Morgan fingerprint density at radius 1 is 1.19 bits per heavy atom. The van der Waals surface area contributed by atoms with Crippen LogP contribution in [-0.4, -0.2) is 26.2 Å². The first-order chi connectivity index (χ1) is 10.3. The molecule has 0 saturated heterocycles. The first-order valence-electron chi connectivity index (χ1n) is 7.09. The van der Waals surface area contributed by atoms with Crippen LogP contribution in [0.25, 0.3) is 10.9 Å². The summed E-state index contributed by atoms with van der Waals surface area (Å²) < 4.78 is 2.16. The lowest BCUT2D eigenvalue weighted by Crippen LogP contribution is -2.34. The van der Waals surface area contributed by atoms with Gasteiger partial charge in [0, 0.05) is 36.4 Å². The molecule has 0 unspecified atom stereocenters. The monoisotopic (exact) mass is 280 g/mol. The van der Waals surface area contributed by atoms with Gasteiger partial charge in [0.25, 0.3) is 0 Å². The number of pyridine rings is 1. The standard InChI is InChI=1S/C16H16N4O/c21-11-13-9-12-3-1-2-4-14(12)18-16(13)20-8-7-19-6-5-17-15(19)10-20/h1-6,9,21H,7-8,10-11H2. The highest BCUT2D eigenvalue weighted by Crippen LogP contribution is 2.26. The summed E-state index contributed by atoms with van der Waals surface area (Å²) in [5, 5.41) is 10.7. The fraction of sp³-hybridized carbons (Fsp3) is 0.250. The molecule has 1 aliphatic heterocycles. The number of nitrogens with zero attached hydrogens (tertiary/aromatic N) is 4. The quantitative estimate of drug-likeness (QED) is 0.779. The second kappa shape index (κ2) is 4.86. The number of rotatable bonds is 2. The summed E-state index contributed by atoms with van der Waals surface area (Å²) in [5.74, 6) is 1.91. The van der Waals surface area contributed by atoms with Gasteiger partial charge in [0.15, 0.2) is 0 Å². The van der Waals surface area contributed by atoms with E-state index in [4.69, 9.17) is 4.98 Å². The molecule has 21 heavy (non-hydrogen) atoms. The zero-order valence-corrected chi connectivity index (χ0v) is 11.6. The maximum Gasteiger partial charge on any atom is 0.135 e. The summed E-state index contributed by atoms with van der Waals surface area (Å²) in [6.07, 6.45) is 3.84. The van der Waals surface area contributed by atoms with Gasteiger partial charge in [-0.2, -0.15) is 0 Å². The highest BCUT2D eigenvalue weighted by molar-refractivity contribution is 5.81. The molecule has 0 aliphatic carbocycles. The van der Waals surface area contributed by atoms with E-state index in [0.717, 1.165) is 47.7 Å². The summed E-state index contributed by atoms with van der Waals surface area (Å²) >= 11 is 0. The molecule has 1 aliphatic rings. The second-order valence-electron chi connectivity index (χ2n) is 5.28. The number of aromatic nitrogens is 3. The molecule has 3 heterocycles. The minimum Gasteiger partial charge on any atom is -0.392 e. The molecular formula is C16H16N4O. The van der Waals surface area contributed by atoms with Gasteiger partial charge in [-0.1, -0.05) is 18.2 Å². The van der Waals surface area contributed by atoms with E-state index in [0.29, 0.717) is 0 Å². The van der Waals surface area contributed by atoms with Crippen molar-refractivity contribution in [1.82, 2.24) is 14.5 Å². The Bertz CT molecular complexity index is 796. The van der Waals surface area contributed by atoms with Crippen LogP contribution in [-0.2, 0) is 19.7 Å². The van der Waals surface area contributed by atoms with Crippen molar-refractivity contribution < 1.29 is 5.11 Å². The fourth-order valence-electron chi connectivity index (χ4n) is 2.89. The number of anilines is 1. The molecule has 0 atom stereocenters. The van der Waals surface area contributed by atoms with Crippen LogP contribution in [0.4, 0.5) is 5.82 Å². The Labute approximate surface area is 122 Å². The number of hydrogen-bond acceptors (Lipinski definition) is 4. The highest BCUT2D eigenvalue weighted by atomic mass is 16.3. The summed E-state index contributed by atoms with van der Waals surface area (Å²) in [6.45, 7) is 2.50. The van der Waals surface area contributed by atoms with Gasteiger partial charge in [0.1, 0.15) is 11.6 Å². The lowest BCUT2D eigenvalue weighted by Gasteiger charge is -2.30. The minimum atomic E-state index is -0.00188. The number of benzene rings is 1. The number of aliphatic hydroxyl groups excluding tert-OH is 1. The molecule has 0 amide bonds. The van der Waals surface area contributed by atoms with Gasteiger partial charge >= 0.3 is 0 Å². The van der Waals surface area contributed by atoms with Crippen LogP contribution in [0.2, 0.25) is 0 Å². The maximum absolute atomic E-state index is 9.68. The predicted octanol–water partition coefficient (Wildman–Crippen LogP) is 1.94. The van der Waals surface area contributed by atoms with Gasteiger partial charge in [-0.15, -0.1) is 0 Å². The van der Waals surface area contributed by atoms with Crippen LogP contribution in [0.1, 0.15) is 11.4 Å². The van der Waals surface area contributed by atoms with E-state index in [1.165, 1.54) is 0 Å². The highest BCUT2D eigenvalue weighted by Gasteiger charge is 2.20. The third-order valence-electron chi connectivity index (χ3n) is 3.99. The van der Waals surface area contributed by atoms with Gasteiger partial charge in [-0.25, -0.2) is 9.97 Å². The van der Waals surface area contributed by atoms with Crippen LogP contribution in [0.3, 0.4) is 0 Å². The molecule has 0 spiro atoms. The van der Waals surface area contributed by atoms with E-state index in [1.54, 1.807) is 0 Å². The Balaban J connectivity index is 1.79. The van der Waals surface area contributed by atoms with E-state index in [-0.39, 0.29) is 6.61 Å². The van der Waals surface area contributed by atoms with Crippen molar-refractivity contribution in [3.05, 3.63) is 54.1 Å². The molecule has 5 nitrogen and oxygen atoms in total. The van der Waals surface area contributed by atoms with E-state index < -0.39 is 0 Å². The van der Waals surface area contributed by atoms with Gasteiger partial charge in [0.05, 0.1) is 18.7 Å². The second-order valence-corrected chi connectivity index (χ2v) is 5.28. The average molecular weight is 280 g/mol. The average Bonchev–Trinajstić information content (AvgIpc) is 3.01. The number of imidazole rings is 1. The van der Waals surface area contributed by atoms with Crippen molar-refractivity contribution in [2.24, 2.45) is 0 Å². The molecule has 1 N–H and O–H groups in total. The Morgan fingerprint density at radius 2 is 2.10 bits per heavy atom. The molecule has 106 valence electrons. The maximum atomic E-state index is 9.68. The smallest absolute Gasteiger partial charge is 0.135 e. The van der Waals surface area contributed by atoms with Crippen molar-refractivity contribution in [1.29, 1.82) is 0 Å². The summed E-state index contributed by atoms with van der Waals surface area (Å²) in [4.78, 5) is 11.3. The SMILES string of the molecule is OCc1cc2ccccc2nc1N1CCn2ccnc2C1. The third-order valence-corrected chi connectivity index (χ3v) is 3.99. The number of aliphatic hydroxyl groups is 1. The molecule has 0 fully saturated rings. The number of fused-ring (bicyclic) bond motifs is 2. The largest absolute Gasteiger partial charge is 0.392 e. The first kappa shape index (κ1) is 12.3. The van der Waals surface area contributed by atoms with Crippen molar-refractivity contribution in [3.8, 4) is 0 Å². The molecule has 2 aromatic heterocycles. The topological polar surface area (TPSA) is 54.2 Å². The molecule has 0 radical (unpaired) electrons. The fourth-order valence-corrected chi connectivity index (χ4v) is 2.89. The molecule has 1 aromatic carbocycles. The zero-order chi connectivity index (χ0) is 14.2. The molecule has 0 saturated carbocycles. The molecule has 3 aromatic rings. The lowest BCUT2D eigenvalue weighted by molar-refractivity contribution is 0.281. The number of hydrogen-bond donors (Lipinski definition) is 1. The van der Waals surface area contributed by atoms with Gasteiger partial charge in [-0.3, -0.25) is 0 Å². The summed E-state index contributed by atoms with van der Waals surface area (Å²) in [7, 11) is 0. The molecule has 0 bridgehead atoms. The Kier molecular flexibility index (Phi) is 2.86. The molecule has 4 rings (SSSR count). The van der Waals surface area contributed by atoms with E-state index in [2.05, 4.69) is 14.5 Å². The van der Waals surface area contributed by atoms with Gasteiger partial charge in [0.2, 0.25) is 0 Å². The predicted molar refractivity (Wildman–Crippen MR) is 80.9 cm³/mol. The molecule has 5 heteroatoms. The summed E-state index contributed by atoms with van der Waals surface area (Å²) in [6, 6.07) is 10.0. The zero-order valence-electron chi connectivity index (χ0n) is 11.6. The van der Waals surface area contributed by atoms with E-state index >= 15 is 0 Å². The third kappa shape index (κ3) is 2.06.